The van der Waals surface area contributed by atoms with E-state index in [1.165, 1.54) is 110 Å². The summed E-state index contributed by atoms with van der Waals surface area (Å²) >= 11 is 3.82. The van der Waals surface area contributed by atoms with Gasteiger partial charge in [-0.15, -0.1) is 33.8 Å². The molecule has 0 saturated carbocycles. The average molecular weight is 771 g/mol. The second kappa shape index (κ2) is 16.5. The molecule has 0 aliphatic heterocycles. The lowest BCUT2D eigenvalue weighted by molar-refractivity contribution is 1.20. The van der Waals surface area contributed by atoms with Crippen LogP contribution in [0, 0.1) is 22.9 Å². The highest BCUT2D eigenvalue weighted by Crippen LogP contribution is 2.48. The first kappa shape index (κ1) is 37.9. The van der Waals surface area contributed by atoms with Crippen LogP contribution in [0.3, 0.4) is 0 Å². The Morgan fingerprint density at radius 1 is 0.444 bits per heavy atom. The van der Waals surface area contributed by atoms with Crippen LogP contribution < -0.4 is 0 Å². The van der Waals surface area contributed by atoms with E-state index in [4.69, 9.17) is 0 Å². The lowest BCUT2D eigenvalue weighted by Gasteiger charge is -2.20. The number of benzene rings is 5. The van der Waals surface area contributed by atoms with E-state index in [9.17, 15) is 0 Å². The van der Waals surface area contributed by atoms with Crippen LogP contribution in [0.1, 0.15) is 74.9 Å². The minimum atomic E-state index is -1.74. The van der Waals surface area contributed by atoms with Gasteiger partial charge in [-0.3, -0.25) is 0 Å². The van der Waals surface area contributed by atoms with E-state index in [1.54, 1.807) is 0 Å². The number of hydrogen-bond acceptors (Lipinski definition) is 2. The van der Waals surface area contributed by atoms with Gasteiger partial charge in [0, 0.05) is 30.9 Å². The Bertz CT molecular complexity index is 2420. The first-order chi connectivity index (χ1) is 26.4. The van der Waals surface area contributed by atoms with Crippen molar-refractivity contribution in [2.75, 3.05) is 0 Å². The van der Waals surface area contributed by atoms with Crippen molar-refractivity contribution in [3.05, 3.63) is 130 Å². The molecule has 4 heteroatoms. The summed E-state index contributed by atoms with van der Waals surface area (Å²) < 4.78 is 5.20. The molecule has 2 aromatic heterocycles. The maximum atomic E-state index is 4.04. The smallest absolute Gasteiger partial charge is 0.134 e. The number of fused-ring (bicyclic) bond motifs is 6. The van der Waals surface area contributed by atoms with Gasteiger partial charge in [-0.2, -0.15) is 0 Å². The second-order valence-electron chi connectivity index (χ2n) is 14.5. The lowest BCUT2D eigenvalue weighted by Crippen LogP contribution is -2.29. The Morgan fingerprint density at radius 2 is 0.796 bits per heavy atom. The molecule has 0 unspecified atom stereocenters. The molecular weight excluding hydrogens is 721 g/mol. The normalized spacial score (nSPS) is 12.3. The third-order valence-corrected chi connectivity index (χ3v) is 23.7. The fourth-order valence-electron chi connectivity index (χ4n) is 7.69. The summed E-state index contributed by atoms with van der Waals surface area (Å²) in [5.41, 5.74) is 15.3. The quantitative estimate of drug-likeness (QED) is 0.0738. The van der Waals surface area contributed by atoms with Crippen molar-refractivity contribution < 1.29 is 0 Å². The third kappa shape index (κ3) is 7.46. The zero-order valence-corrected chi connectivity index (χ0v) is 36.2. The molecule has 0 N–H and O–H groups in total. The first-order valence-electron chi connectivity index (χ1n) is 19.8. The van der Waals surface area contributed by atoms with Gasteiger partial charge in [0.25, 0.3) is 0 Å². The Kier molecular flexibility index (Phi) is 11.6. The molecule has 0 nitrogen and oxygen atoms in total. The molecule has 0 bridgehead atoms. The maximum absolute atomic E-state index is 4.04. The van der Waals surface area contributed by atoms with Gasteiger partial charge in [-0.25, -0.2) is 0 Å². The molecule has 5 aromatic carbocycles. The van der Waals surface area contributed by atoms with Crippen LogP contribution in [0.2, 0.25) is 36.3 Å². The first-order valence-corrected chi connectivity index (χ1v) is 26.7. The maximum Gasteiger partial charge on any atom is 0.138 e. The van der Waals surface area contributed by atoms with Crippen molar-refractivity contribution in [1.82, 2.24) is 0 Å². The molecule has 0 aliphatic rings. The van der Waals surface area contributed by atoms with E-state index < -0.39 is 16.1 Å². The fourth-order valence-corrected chi connectivity index (χ4v) is 14.9. The van der Waals surface area contributed by atoms with Crippen LogP contribution in [0.15, 0.2) is 97.1 Å². The lowest BCUT2D eigenvalue weighted by atomic mass is 9.97. The topological polar surface area (TPSA) is 0 Å². The highest BCUT2D eigenvalue weighted by Gasteiger charge is 2.27. The van der Waals surface area contributed by atoms with Gasteiger partial charge in [0.15, 0.2) is 0 Å². The SMILES string of the molecule is CC[Si](C#Cc1c2sc3ccc(C=Cc4ccccc4)cc3c2c(C#C[Si](CC)(CC)CC)c2sc3ccc(C=Cc4ccccc4)cc3c12)(CC)CC. The summed E-state index contributed by atoms with van der Waals surface area (Å²) in [6, 6.07) is 42.2. The highest BCUT2D eigenvalue weighted by atomic mass is 32.1. The summed E-state index contributed by atoms with van der Waals surface area (Å²) in [5.74, 6) is 7.99. The van der Waals surface area contributed by atoms with Crippen LogP contribution >= 0.6 is 22.7 Å². The van der Waals surface area contributed by atoms with Gasteiger partial charge < -0.3 is 0 Å². The average Bonchev–Trinajstić information content (AvgIpc) is 3.80. The molecule has 0 radical (unpaired) electrons. The van der Waals surface area contributed by atoms with E-state index in [-0.39, 0.29) is 0 Å². The molecule has 0 spiro atoms. The number of thiophene rings is 2. The molecule has 0 saturated heterocycles. The van der Waals surface area contributed by atoms with Crippen LogP contribution in [0.25, 0.3) is 64.6 Å². The van der Waals surface area contributed by atoms with Gasteiger partial charge in [-0.1, -0.05) is 150 Å². The zero-order valence-electron chi connectivity index (χ0n) is 32.6. The van der Waals surface area contributed by atoms with E-state index >= 15 is 0 Å². The molecular formula is C50H50S2Si2. The molecule has 270 valence electrons. The Balaban J connectivity index is 1.58. The molecule has 0 atom stereocenters. The van der Waals surface area contributed by atoms with Gasteiger partial charge in [0.2, 0.25) is 0 Å². The second-order valence-corrected chi connectivity index (χ2v) is 26.5. The van der Waals surface area contributed by atoms with E-state index in [2.05, 4.69) is 186 Å². The van der Waals surface area contributed by atoms with Crippen LogP contribution in [0.5, 0.6) is 0 Å². The molecule has 0 aliphatic carbocycles. The van der Waals surface area contributed by atoms with Gasteiger partial charge in [0.1, 0.15) is 16.1 Å². The van der Waals surface area contributed by atoms with Crippen LogP contribution in [-0.4, -0.2) is 16.1 Å². The van der Waals surface area contributed by atoms with Crippen molar-refractivity contribution in [3.8, 4) is 22.9 Å². The van der Waals surface area contributed by atoms with Crippen LogP contribution in [0.4, 0.5) is 0 Å². The van der Waals surface area contributed by atoms with Gasteiger partial charge >= 0.3 is 0 Å². The third-order valence-electron chi connectivity index (χ3n) is 11.9. The van der Waals surface area contributed by atoms with E-state index in [0.717, 1.165) is 0 Å². The zero-order chi connectivity index (χ0) is 37.7. The predicted octanol–water partition coefficient (Wildman–Crippen LogP) is 15.6. The Morgan fingerprint density at radius 3 is 1.15 bits per heavy atom. The predicted molar refractivity (Wildman–Crippen MR) is 251 cm³/mol. The van der Waals surface area contributed by atoms with Crippen molar-refractivity contribution in [1.29, 1.82) is 0 Å². The molecule has 0 fully saturated rings. The van der Waals surface area contributed by atoms with Gasteiger partial charge in [-0.05, 0) is 82.8 Å². The minimum Gasteiger partial charge on any atom is -0.134 e. The molecule has 0 amide bonds. The van der Waals surface area contributed by atoms with Gasteiger partial charge in [0.05, 0.1) is 20.5 Å². The largest absolute Gasteiger partial charge is 0.138 e. The summed E-state index contributed by atoms with van der Waals surface area (Å²) in [4.78, 5) is 0. The number of hydrogen-bond donors (Lipinski definition) is 0. The summed E-state index contributed by atoms with van der Waals surface area (Å²) in [6.07, 6.45) is 8.93. The van der Waals surface area contributed by atoms with Crippen molar-refractivity contribution in [2.45, 2.75) is 77.8 Å². The standard InChI is InChI=1S/C50H50S2Si2/c1-7-53(8-2,9-3)33-31-41-47-43-35-39(25-23-37-19-15-13-16-20-37)27-29-45(43)52-50(47)42(32-34-54(10-4,11-5)12-6)48-44-36-40(28-30-46(44)51-49(41)48)26-24-38-21-17-14-18-22-38/h13-30,35-36H,7-12H2,1-6H3. The fraction of sp³-hybridized carbons (Fsp3) is 0.240. The van der Waals surface area contributed by atoms with Crippen molar-refractivity contribution in [2.24, 2.45) is 0 Å². The summed E-state index contributed by atoms with van der Waals surface area (Å²) in [6.45, 7) is 14.2. The minimum absolute atomic E-state index is 1.18. The van der Waals surface area contributed by atoms with E-state index in [0.29, 0.717) is 0 Å². The van der Waals surface area contributed by atoms with Crippen molar-refractivity contribution in [3.63, 3.8) is 0 Å². The molecule has 7 aromatic rings. The molecule has 2 heterocycles. The molecule has 7 rings (SSSR count). The van der Waals surface area contributed by atoms with Crippen molar-refractivity contribution >= 4 is 103 Å². The summed E-state index contributed by atoms with van der Waals surface area (Å²) in [7, 11) is -3.48. The summed E-state index contributed by atoms with van der Waals surface area (Å²) in [5, 5.41) is 5.19. The highest BCUT2D eigenvalue weighted by molar-refractivity contribution is 7.28. The number of rotatable bonds is 10. The van der Waals surface area contributed by atoms with Crippen LogP contribution in [-0.2, 0) is 0 Å². The molecule has 54 heavy (non-hydrogen) atoms. The monoisotopic (exact) mass is 770 g/mol. The Hall–Kier alpha value is -4.43. The Labute approximate surface area is 332 Å². The van der Waals surface area contributed by atoms with E-state index in [1.807, 2.05) is 22.7 Å².